The summed E-state index contributed by atoms with van der Waals surface area (Å²) in [6.45, 7) is 0.103. The summed E-state index contributed by atoms with van der Waals surface area (Å²) in [7, 11) is 0. The number of nitrogens with zero attached hydrogens (tertiary/aromatic N) is 1. The zero-order valence-corrected chi connectivity index (χ0v) is 30.7. The van der Waals surface area contributed by atoms with Crippen molar-refractivity contribution >= 4 is 35.5 Å². The smallest absolute Gasteiger partial charge is 0.326 e. The summed E-state index contributed by atoms with van der Waals surface area (Å²) in [5, 5.41) is 27.5. The molecule has 0 spiro atoms. The molecule has 0 saturated heterocycles. The van der Waals surface area contributed by atoms with Crippen LogP contribution in [-0.4, -0.2) is 80.8 Å². The fraction of sp³-hybridized carbons (Fsp3) is 0.286. The number of carbonyl (C=O) groups is 6. The molecule has 5 rings (SSSR count). The molecule has 5 amide bonds. The van der Waals surface area contributed by atoms with Crippen molar-refractivity contribution in [3.8, 4) is 5.75 Å². The number of nitrogens with two attached hydrogens (primary N) is 2. The monoisotopic (exact) mass is 762 g/mol. The number of fused-ring (bicyclic) bond motifs is 1. The number of phenolic OH excluding ortho intramolecular Hbond substituents is 1. The van der Waals surface area contributed by atoms with Gasteiger partial charge in [0.15, 0.2) is 0 Å². The highest BCUT2D eigenvalue weighted by atomic mass is 16.4. The molecular weight excluding hydrogens is 716 g/mol. The molecule has 0 radical (unpaired) electrons. The van der Waals surface area contributed by atoms with Gasteiger partial charge in [0.1, 0.15) is 29.9 Å². The summed E-state index contributed by atoms with van der Waals surface area (Å²) in [4.78, 5) is 81.1. The van der Waals surface area contributed by atoms with E-state index in [1.54, 1.807) is 72.8 Å². The molecule has 9 N–H and O–H groups in total. The number of primary amides is 1. The van der Waals surface area contributed by atoms with Gasteiger partial charge < -0.3 is 42.5 Å². The van der Waals surface area contributed by atoms with Crippen molar-refractivity contribution in [2.24, 2.45) is 11.5 Å². The third-order valence-electron chi connectivity index (χ3n) is 9.67. The number of rotatable bonds is 17. The Labute approximate surface area is 324 Å². The van der Waals surface area contributed by atoms with E-state index in [1.807, 2.05) is 24.3 Å². The molecule has 14 nitrogen and oxygen atoms in total. The van der Waals surface area contributed by atoms with E-state index in [9.17, 15) is 39.0 Å². The molecule has 0 saturated carbocycles. The highest BCUT2D eigenvalue weighted by Crippen LogP contribution is 2.25. The Morgan fingerprint density at radius 2 is 1.16 bits per heavy atom. The van der Waals surface area contributed by atoms with Crippen molar-refractivity contribution in [3.63, 3.8) is 0 Å². The fourth-order valence-corrected chi connectivity index (χ4v) is 6.65. The van der Waals surface area contributed by atoms with E-state index in [2.05, 4.69) is 16.0 Å². The second kappa shape index (κ2) is 19.2. The summed E-state index contributed by atoms with van der Waals surface area (Å²) in [6.07, 6.45) is -0.237. The van der Waals surface area contributed by atoms with Crippen molar-refractivity contribution in [1.82, 2.24) is 20.9 Å². The lowest BCUT2D eigenvalue weighted by Gasteiger charge is -2.38. The van der Waals surface area contributed by atoms with Crippen LogP contribution in [0.25, 0.3) is 0 Å². The quantitative estimate of drug-likeness (QED) is 0.0825. The van der Waals surface area contributed by atoms with Crippen molar-refractivity contribution in [2.75, 3.05) is 0 Å². The number of amides is 5. The van der Waals surface area contributed by atoms with Gasteiger partial charge in [-0.05, 0) is 52.8 Å². The fourth-order valence-electron chi connectivity index (χ4n) is 6.65. The van der Waals surface area contributed by atoms with Gasteiger partial charge in [-0.3, -0.25) is 24.0 Å². The molecule has 0 fully saturated rings. The average Bonchev–Trinajstić information content (AvgIpc) is 3.19. The van der Waals surface area contributed by atoms with Gasteiger partial charge in [-0.25, -0.2) is 4.79 Å². The number of carboxylic acid groups (broad SMARTS) is 1. The standard InChI is InChI=1S/C42H46N6O8/c43-32(21-28-15-17-31(49)18-16-28)41(54)48-25-30-14-8-7-13-29(30)24-36(48)40(53)47-35(23-27-11-5-2-6-12-27)39(52)46-34(22-26-9-3-1-4-10-26)38(51)45-33(42(55)56)19-20-37(44)50/h1-18,32-36,49H,19-25,43H2,(H2,44,50)(H,45,51)(H,46,52)(H,47,53)(H,55,56)/t32-,33-,34-,35-,36-/m0/s1. The minimum absolute atomic E-state index is 0.0199. The third-order valence-corrected chi connectivity index (χ3v) is 9.67. The van der Waals surface area contributed by atoms with Gasteiger partial charge in [0.05, 0.1) is 6.04 Å². The molecule has 1 heterocycles. The van der Waals surface area contributed by atoms with Crippen LogP contribution >= 0.6 is 0 Å². The maximum atomic E-state index is 14.4. The highest BCUT2D eigenvalue weighted by Gasteiger charge is 2.38. The van der Waals surface area contributed by atoms with Crippen molar-refractivity contribution in [1.29, 1.82) is 0 Å². The number of aromatic hydroxyl groups is 1. The Morgan fingerprint density at radius 3 is 1.71 bits per heavy atom. The van der Waals surface area contributed by atoms with E-state index in [0.717, 1.165) is 16.7 Å². The van der Waals surface area contributed by atoms with Gasteiger partial charge in [-0.15, -0.1) is 0 Å². The number of hydrogen-bond acceptors (Lipinski definition) is 8. The first-order valence-electron chi connectivity index (χ1n) is 18.3. The lowest BCUT2D eigenvalue weighted by molar-refractivity contribution is -0.143. The van der Waals surface area contributed by atoms with Crippen LogP contribution < -0.4 is 27.4 Å². The maximum absolute atomic E-state index is 14.4. The van der Waals surface area contributed by atoms with Crippen LogP contribution in [0.2, 0.25) is 0 Å². The molecule has 4 aromatic carbocycles. The Kier molecular flexibility index (Phi) is 13.9. The van der Waals surface area contributed by atoms with E-state index >= 15 is 0 Å². The minimum atomic E-state index is -1.46. The molecule has 1 aliphatic heterocycles. The lowest BCUT2D eigenvalue weighted by Crippen LogP contribution is -2.61. The summed E-state index contributed by atoms with van der Waals surface area (Å²) in [6, 6.07) is 25.5. The molecule has 56 heavy (non-hydrogen) atoms. The molecule has 292 valence electrons. The first kappa shape index (κ1) is 40.6. The molecule has 0 aliphatic carbocycles. The van der Waals surface area contributed by atoms with Gasteiger partial charge in [-0.2, -0.15) is 0 Å². The number of benzene rings is 4. The minimum Gasteiger partial charge on any atom is -0.508 e. The van der Waals surface area contributed by atoms with E-state index in [-0.39, 0.29) is 50.8 Å². The molecule has 4 aromatic rings. The second-order valence-corrected chi connectivity index (χ2v) is 13.8. The van der Waals surface area contributed by atoms with E-state index in [4.69, 9.17) is 11.5 Å². The lowest BCUT2D eigenvalue weighted by atomic mass is 9.92. The topological polar surface area (TPSA) is 234 Å². The van der Waals surface area contributed by atoms with Crippen LogP contribution in [0.4, 0.5) is 0 Å². The Hall–Kier alpha value is -6.54. The van der Waals surface area contributed by atoms with E-state index in [1.165, 1.54) is 17.0 Å². The summed E-state index contributed by atoms with van der Waals surface area (Å²) >= 11 is 0. The normalized spacial score (nSPS) is 15.6. The predicted octanol–water partition coefficient (Wildman–Crippen LogP) is 1.51. The summed E-state index contributed by atoms with van der Waals surface area (Å²) < 4.78 is 0. The predicted molar refractivity (Wildman–Crippen MR) is 206 cm³/mol. The third kappa shape index (κ3) is 11.2. The maximum Gasteiger partial charge on any atom is 0.326 e. The van der Waals surface area contributed by atoms with Crippen LogP contribution in [0, 0.1) is 0 Å². The van der Waals surface area contributed by atoms with Crippen LogP contribution in [-0.2, 0) is 61.0 Å². The molecule has 0 unspecified atom stereocenters. The summed E-state index contributed by atoms with van der Waals surface area (Å²) in [5.74, 6) is -4.66. The molecule has 0 aromatic heterocycles. The number of aliphatic carboxylic acids is 1. The SMILES string of the molecule is NC(=O)CC[C@H](NC(=O)[C@H](Cc1ccccc1)NC(=O)[C@H](Cc1ccccc1)NC(=O)[C@@H]1Cc2ccccc2CN1C(=O)[C@@H](N)Cc1ccc(O)cc1)C(=O)O. The average molecular weight is 763 g/mol. The molecule has 1 aliphatic rings. The van der Waals surface area contributed by atoms with Gasteiger partial charge in [0.25, 0.3) is 0 Å². The number of carbonyl (C=O) groups excluding carboxylic acids is 5. The first-order chi connectivity index (χ1) is 26.9. The number of nitrogens with one attached hydrogen (secondary N) is 3. The van der Waals surface area contributed by atoms with Gasteiger partial charge in [-0.1, -0.05) is 97.1 Å². The van der Waals surface area contributed by atoms with Crippen molar-refractivity contribution in [2.45, 2.75) is 75.3 Å². The molecule has 14 heteroatoms. The second-order valence-electron chi connectivity index (χ2n) is 13.8. The van der Waals surface area contributed by atoms with Gasteiger partial charge in [0, 0.05) is 32.2 Å². The number of phenols is 1. The van der Waals surface area contributed by atoms with E-state index in [0.29, 0.717) is 11.1 Å². The Bertz CT molecular complexity index is 2010. The highest BCUT2D eigenvalue weighted by molar-refractivity contribution is 5.96. The Morgan fingerprint density at radius 1 is 0.661 bits per heavy atom. The van der Waals surface area contributed by atoms with Crippen LogP contribution in [0.3, 0.4) is 0 Å². The first-order valence-corrected chi connectivity index (χ1v) is 18.3. The van der Waals surface area contributed by atoms with Crippen LogP contribution in [0.15, 0.2) is 109 Å². The zero-order chi connectivity index (χ0) is 40.2. The molecule has 0 bridgehead atoms. The number of hydrogen-bond donors (Lipinski definition) is 7. The van der Waals surface area contributed by atoms with E-state index < -0.39 is 65.7 Å². The van der Waals surface area contributed by atoms with Gasteiger partial charge >= 0.3 is 5.97 Å². The van der Waals surface area contributed by atoms with Crippen LogP contribution in [0.5, 0.6) is 5.75 Å². The zero-order valence-electron chi connectivity index (χ0n) is 30.7. The van der Waals surface area contributed by atoms with Crippen molar-refractivity contribution in [3.05, 3.63) is 137 Å². The van der Waals surface area contributed by atoms with Gasteiger partial charge in [0.2, 0.25) is 29.5 Å². The largest absolute Gasteiger partial charge is 0.508 e. The van der Waals surface area contributed by atoms with Crippen LogP contribution in [0.1, 0.15) is 40.7 Å². The molecular formula is C42H46N6O8. The molecule has 5 atom stereocenters. The van der Waals surface area contributed by atoms with Crippen molar-refractivity contribution < 1.29 is 39.0 Å². The Balaban J connectivity index is 1.41. The number of carboxylic acids is 1. The summed E-state index contributed by atoms with van der Waals surface area (Å²) in [5.41, 5.74) is 15.5.